The van der Waals surface area contributed by atoms with Gasteiger partial charge in [0.15, 0.2) is 0 Å². The molecule has 0 atom stereocenters. The molecular formula is C13H25NO3. The number of hydrogen-bond acceptors (Lipinski definition) is 3. The molecule has 100 valence electrons. The minimum Gasteiger partial charge on any atom is -0.366 e. The smallest absolute Gasteiger partial charge is 0.247 e. The van der Waals surface area contributed by atoms with Crippen LogP contribution in [0.15, 0.2) is 12.2 Å². The van der Waals surface area contributed by atoms with Gasteiger partial charge in [-0.3, -0.25) is 4.79 Å². The predicted molar refractivity (Wildman–Crippen MR) is 68.2 cm³/mol. The van der Waals surface area contributed by atoms with Gasteiger partial charge in [-0.2, -0.15) is 0 Å². The van der Waals surface area contributed by atoms with Gasteiger partial charge in [-0.15, -0.1) is 0 Å². The molecule has 4 heteroatoms. The van der Waals surface area contributed by atoms with E-state index in [4.69, 9.17) is 15.5 Å². The highest BCUT2D eigenvalue weighted by Gasteiger charge is 2.31. The Morgan fingerprint density at radius 2 is 1.76 bits per heavy atom. The van der Waals surface area contributed by atoms with Gasteiger partial charge in [0.1, 0.15) is 5.60 Å². The van der Waals surface area contributed by atoms with Crippen LogP contribution in [0.1, 0.15) is 53.9 Å². The van der Waals surface area contributed by atoms with Gasteiger partial charge < -0.3 is 5.73 Å². The van der Waals surface area contributed by atoms with Crippen molar-refractivity contribution in [2.45, 2.75) is 65.1 Å². The average Bonchev–Trinajstić information content (AvgIpc) is 2.23. The lowest BCUT2D eigenvalue weighted by atomic mass is 9.99. The van der Waals surface area contributed by atoms with Crippen molar-refractivity contribution < 1.29 is 14.6 Å². The van der Waals surface area contributed by atoms with Gasteiger partial charge in [0.25, 0.3) is 0 Å². The third kappa shape index (κ3) is 5.84. The highest BCUT2D eigenvalue weighted by Crippen LogP contribution is 2.25. The van der Waals surface area contributed by atoms with Crippen LogP contribution < -0.4 is 5.73 Å². The summed E-state index contributed by atoms with van der Waals surface area (Å²) in [4.78, 5) is 21.7. The topological polar surface area (TPSA) is 61.6 Å². The monoisotopic (exact) mass is 243 g/mol. The van der Waals surface area contributed by atoms with Crippen LogP contribution in [-0.2, 0) is 14.6 Å². The molecule has 0 aliphatic heterocycles. The van der Waals surface area contributed by atoms with E-state index in [9.17, 15) is 4.79 Å². The van der Waals surface area contributed by atoms with E-state index < -0.39 is 11.5 Å². The summed E-state index contributed by atoms with van der Waals surface area (Å²) in [5, 5.41) is 0. The van der Waals surface area contributed by atoms with Gasteiger partial charge in [-0.1, -0.05) is 26.3 Å². The largest absolute Gasteiger partial charge is 0.366 e. The van der Waals surface area contributed by atoms with Crippen LogP contribution in [0.5, 0.6) is 0 Å². The first kappa shape index (κ1) is 16.1. The molecule has 0 aliphatic carbocycles. The summed E-state index contributed by atoms with van der Waals surface area (Å²) in [6.07, 6.45) is 3.06. The summed E-state index contributed by atoms with van der Waals surface area (Å²) in [5.74, 6) is -0.579. The maximum atomic E-state index is 11.0. The third-order valence-corrected chi connectivity index (χ3v) is 2.63. The highest BCUT2D eigenvalue weighted by atomic mass is 17.2. The SMILES string of the molecule is C=C(C(N)=O)C(C)(C)OOC(C)(C)CCCC. The molecule has 0 aromatic heterocycles. The highest BCUT2D eigenvalue weighted by molar-refractivity contribution is 5.93. The second kappa shape index (κ2) is 6.17. The lowest BCUT2D eigenvalue weighted by molar-refractivity contribution is -0.393. The molecule has 0 bridgehead atoms. The molecule has 0 aliphatic rings. The van der Waals surface area contributed by atoms with Crippen molar-refractivity contribution >= 4 is 5.91 Å². The maximum Gasteiger partial charge on any atom is 0.247 e. The Bertz CT molecular complexity index is 282. The Morgan fingerprint density at radius 1 is 1.24 bits per heavy atom. The summed E-state index contributed by atoms with van der Waals surface area (Å²) in [7, 11) is 0. The first-order valence-electron chi connectivity index (χ1n) is 5.98. The first-order chi connectivity index (χ1) is 7.62. The van der Waals surface area contributed by atoms with E-state index in [0.717, 1.165) is 19.3 Å². The number of nitrogens with two attached hydrogens (primary N) is 1. The molecule has 1 amide bonds. The van der Waals surface area contributed by atoms with Crippen LogP contribution in [0.25, 0.3) is 0 Å². The van der Waals surface area contributed by atoms with E-state index in [1.807, 2.05) is 13.8 Å². The second-order valence-electron chi connectivity index (χ2n) is 5.38. The Hall–Kier alpha value is -0.870. The van der Waals surface area contributed by atoms with Gasteiger partial charge >= 0.3 is 0 Å². The second-order valence-corrected chi connectivity index (χ2v) is 5.38. The molecule has 4 nitrogen and oxygen atoms in total. The van der Waals surface area contributed by atoms with Gasteiger partial charge in [0.2, 0.25) is 5.91 Å². The molecule has 0 spiro atoms. The summed E-state index contributed by atoms with van der Waals surface area (Å²) < 4.78 is 0. The molecule has 0 saturated carbocycles. The average molecular weight is 243 g/mol. The molecule has 0 saturated heterocycles. The number of rotatable bonds is 8. The lowest BCUT2D eigenvalue weighted by Gasteiger charge is -2.31. The quantitative estimate of drug-likeness (QED) is 0.405. The number of hydrogen-bond donors (Lipinski definition) is 1. The van der Waals surface area contributed by atoms with E-state index in [1.165, 1.54) is 0 Å². The van der Waals surface area contributed by atoms with E-state index in [0.29, 0.717) is 0 Å². The van der Waals surface area contributed by atoms with E-state index in [2.05, 4.69) is 13.5 Å². The number of unbranched alkanes of at least 4 members (excludes halogenated alkanes) is 1. The number of amides is 1. The van der Waals surface area contributed by atoms with Crippen molar-refractivity contribution in [3.8, 4) is 0 Å². The zero-order valence-electron chi connectivity index (χ0n) is 11.6. The fourth-order valence-electron chi connectivity index (χ4n) is 1.21. The predicted octanol–water partition coefficient (Wildman–Crippen LogP) is 2.72. The minimum atomic E-state index is -0.907. The maximum absolute atomic E-state index is 11.0. The molecule has 0 unspecified atom stereocenters. The lowest BCUT2D eigenvalue weighted by Crippen LogP contribution is -2.37. The van der Waals surface area contributed by atoms with Crippen LogP contribution in [-0.4, -0.2) is 17.1 Å². The molecule has 17 heavy (non-hydrogen) atoms. The Balaban J connectivity index is 4.35. The fraction of sp³-hybridized carbons (Fsp3) is 0.769. The first-order valence-corrected chi connectivity index (χ1v) is 5.98. The van der Waals surface area contributed by atoms with E-state index >= 15 is 0 Å². The van der Waals surface area contributed by atoms with Gasteiger partial charge in [-0.25, -0.2) is 9.78 Å². The van der Waals surface area contributed by atoms with Crippen LogP contribution in [0.4, 0.5) is 0 Å². The molecule has 0 rings (SSSR count). The van der Waals surface area contributed by atoms with Gasteiger partial charge in [0, 0.05) is 5.57 Å². The zero-order valence-corrected chi connectivity index (χ0v) is 11.6. The molecule has 0 aromatic rings. The number of carbonyl (C=O) groups excluding carboxylic acids is 1. The van der Waals surface area contributed by atoms with E-state index in [1.54, 1.807) is 13.8 Å². The van der Waals surface area contributed by atoms with Crippen molar-refractivity contribution in [1.82, 2.24) is 0 Å². The Labute approximate surface area is 104 Å². The summed E-state index contributed by atoms with van der Waals surface area (Å²) >= 11 is 0. The molecule has 0 radical (unpaired) electrons. The summed E-state index contributed by atoms with van der Waals surface area (Å²) in [6, 6.07) is 0. The molecular weight excluding hydrogens is 218 g/mol. The summed E-state index contributed by atoms with van der Waals surface area (Å²) in [6.45, 7) is 13.0. The minimum absolute atomic E-state index is 0.198. The number of carbonyl (C=O) groups is 1. The van der Waals surface area contributed by atoms with Crippen molar-refractivity contribution in [1.29, 1.82) is 0 Å². The van der Waals surface area contributed by atoms with Gasteiger partial charge in [0.05, 0.1) is 5.60 Å². The molecule has 0 aromatic carbocycles. The third-order valence-electron chi connectivity index (χ3n) is 2.63. The van der Waals surface area contributed by atoms with Crippen molar-refractivity contribution in [3.05, 3.63) is 12.2 Å². The van der Waals surface area contributed by atoms with Crippen LogP contribution in [0, 0.1) is 0 Å². The molecule has 2 N–H and O–H groups in total. The number of primary amides is 1. The van der Waals surface area contributed by atoms with E-state index in [-0.39, 0.29) is 11.2 Å². The van der Waals surface area contributed by atoms with Crippen molar-refractivity contribution in [2.24, 2.45) is 5.73 Å². The standard InChI is InChI=1S/C13H25NO3/c1-7-8-9-12(3,4)16-17-13(5,6)10(2)11(14)15/h2,7-9H2,1,3-6H3,(H2,14,15). The van der Waals surface area contributed by atoms with Crippen LogP contribution in [0.3, 0.4) is 0 Å². The summed E-state index contributed by atoms with van der Waals surface area (Å²) in [5.41, 5.74) is 4.07. The zero-order chi connectivity index (χ0) is 13.7. The molecule has 0 fully saturated rings. The van der Waals surface area contributed by atoms with Crippen LogP contribution >= 0.6 is 0 Å². The van der Waals surface area contributed by atoms with Crippen molar-refractivity contribution in [2.75, 3.05) is 0 Å². The van der Waals surface area contributed by atoms with Crippen LogP contribution in [0.2, 0.25) is 0 Å². The normalized spacial score (nSPS) is 12.5. The Kier molecular flexibility index (Phi) is 5.85. The fourth-order valence-corrected chi connectivity index (χ4v) is 1.21. The Morgan fingerprint density at radius 3 is 2.18 bits per heavy atom. The molecule has 0 heterocycles. The van der Waals surface area contributed by atoms with Crippen molar-refractivity contribution in [3.63, 3.8) is 0 Å². The van der Waals surface area contributed by atoms with Gasteiger partial charge in [-0.05, 0) is 34.1 Å².